The molecule has 0 aliphatic heterocycles. The van der Waals surface area contributed by atoms with Crippen molar-refractivity contribution in [3.63, 3.8) is 0 Å². The number of anilines is 1. The van der Waals surface area contributed by atoms with Crippen LogP contribution in [-0.2, 0) is 4.74 Å². The summed E-state index contributed by atoms with van der Waals surface area (Å²) < 4.78 is 5.34. The number of ether oxygens (including phenoxy) is 1. The third kappa shape index (κ3) is 3.17. The molecule has 3 rings (SSSR count). The average molecular weight is 317 g/mol. The average Bonchev–Trinajstić information content (AvgIpc) is 3.05. The fraction of sp³-hybridized carbons (Fsp3) is 0.529. The van der Waals surface area contributed by atoms with Gasteiger partial charge in [-0.3, -0.25) is 0 Å². The molecule has 23 heavy (non-hydrogen) atoms. The van der Waals surface area contributed by atoms with Gasteiger partial charge in [0.2, 0.25) is 0 Å². The summed E-state index contributed by atoms with van der Waals surface area (Å²) in [5, 5.41) is 14.2. The summed E-state index contributed by atoms with van der Waals surface area (Å²) in [7, 11) is 0. The summed E-state index contributed by atoms with van der Waals surface area (Å²) in [4.78, 5) is 19.8. The number of esters is 1. The Kier molecular flexibility index (Phi) is 4.26. The van der Waals surface area contributed by atoms with Crippen molar-refractivity contribution in [3.8, 4) is 0 Å². The highest BCUT2D eigenvalue weighted by atomic mass is 16.5. The zero-order valence-corrected chi connectivity index (χ0v) is 13.7. The maximum atomic E-state index is 12.4. The molecule has 6 nitrogen and oxygen atoms in total. The van der Waals surface area contributed by atoms with E-state index in [-0.39, 0.29) is 24.2 Å². The first-order valence-corrected chi connectivity index (χ1v) is 8.07. The molecule has 1 aliphatic carbocycles. The lowest BCUT2D eigenvalue weighted by molar-refractivity contribution is 0.0378. The SMILES string of the molecule is CC(C)OC(=O)c1cnc2[nH]ccc2c1NC1CC(O)CC1C. The van der Waals surface area contributed by atoms with Gasteiger partial charge in [-0.15, -0.1) is 0 Å². The monoisotopic (exact) mass is 317 g/mol. The molecule has 1 aliphatic rings. The molecule has 1 saturated carbocycles. The summed E-state index contributed by atoms with van der Waals surface area (Å²) in [6.07, 6.45) is 4.30. The third-order valence-corrected chi connectivity index (χ3v) is 4.34. The summed E-state index contributed by atoms with van der Waals surface area (Å²) in [5.74, 6) is -0.0505. The number of hydrogen-bond donors (Lipinski definition) is 3. The maximum absolute atomic E-state index is 12.4. The van der Waals surface area contributed by atoms with E-state index in [1.54, 1.807) is 12.4 Å². The smallest absolute Gasteiger partial charge is 0.342 e. The molecule has 0 aromatic carbocycles. The van der Waals surface area contributed by atoms with Crippen LogP contribution in [0, 0.1) is 5.92 Å². The molecule has 3 unspecified atom stereocenters. The number of nitrogens with one attached hydrogen (secondary N) is 2. The van der Waals surface area contributed by atoms with Crippen molar-refractivity contribution in [2.24, 2.45) is 5.92 Å². The number of aromatic amines is 1. The van der Waals surface area contributed by atoms with Crippen molar-refractivity contribution in [2.45, 2.75) is 51.9 Å². The van der Waals surface area contributed by atoms with Gasteiger partial charge in [-0.2, -0.15) is 0 Å². The molecule has 124 valence electrons. The van der Waals surface area contributed by atoms with Crippen LogP contribution in [-0.4, -0.2) is 39.3 Å². The van der Waals surface area contributed by atoms with Crippen LogP contribution in [0.15, 0.2) is 18.5 Å². The number of aromatic nitrogens is 2. The minimum absolute atomic E-state index is 0.121. The molecule has 2 heterocycles. The van der Waals surface area contributed by atoms with E-state index in [0.29, 0.717) is 17.9 Å². The second-order valence-corrected chi connectivity index (χ2v) is 6.59. The summed E-state index contributed by atoms with van der Waals surface area (Å²) in [6.45, 7) is 5.75. The van der Waals surface area contributed by atoms with E-state index >= 15 is 0 Å². The zero-order chi connectivity index (χ0) is 16.6. The maximum Gasteiger partial charge on any atom is 0.342 e. The first-order valence-electron chi connectivity index (χ1n) is 8.07. The van der Waals surface area contributed by atoms with Crippen LogP contribution >= 0.6 is 0 Å². The van der Waals surface area contributed by atoms with Gasteiger partial charge in [0.05, 0.1) is 17.9 Å². The lowest BCUT2D eigenvalue weighted by Gasteiger charge is -2.21. The molecule has 0 saturated heterocycles. The number of aliphatic hydroxyl groups excluding tert-OH is 1. The van der Waals surface area contributed by atoms with Crippen molar-refractivity contribution >= 4 is 22.7 Å². The number of carbonyl (C=O) groups is 1. The standard InChI is InChI=1S/C17H23N3O3/c1-9(2)23-17(22)13-8-19-16-12(4-5-18-16)15(13)20-14-7-11(21)6-10(14)3/h4-5,8-11,14,21H,6-7H2,1-3H3,(H2,18,19,20). The van der Waals surface area contributed by atoms with Gasteiger partial charge in [-0.25, -0.2) is 9.78 Å². The van der Waals surface area contributed by atoms with Crippen LogP contribution < -0.4 is 5.32 Å². The van der Waals surface area contributed by atoms with Gasteiger partial charge in [0.1, 0.15) is 11.2 Å². The Labute approximate surface area is 135 Å². The zero-order valence-electron chi connectivity index (χ0n) is 13.7. The van der Waals surface area contributed by atoms with Crippen LogP contribution in [0.5, 0.6) is 0 Å². The highest BCUT2D eigenvalue weighted by Crippen LogP contribution is 2.33. The van der Waals surface area contributed by atoms with Gasteiger partial charge in [-0.05, 0) is 38.7 Å². The first-order chi connectivity index (χ1) is 11.0. The number of fused-ring (bicyclic) bond motifs is 1. The number of H-pyrrole nitrogens is 1. The third-order valence-electron chi connectivity index (χ3n) is 4.34. The summed E-state index contributed by atoms with van der Waals surface area (Å²) >= 11 is 0. The Morgan fingerprint density at radius 1 is 1.48 bits per heavy atom. The van der Waals surface area contributed by atoms with E-state index in [2.05, 4.69) is 22.2 Å². The second kappa shape index (κ2) is 6.20. The first kappa shape index (κ1) is 15.8. The fourth-order valence-electron chi connectivity index (χ4n) is 3.20. The molecule has 2 aromatic heterocycles. The highest BCUT2D eigenvalue weighted by molar-refractivity contribution is 6.04. The summed E-state index contributed by atoms with van der Waals surface area (Å²) in [6, 6.07) is 2.02. The molecule has 1 fully saturated rings. The Hall–Kier alpha value is -2.08. The molecular weight excluding hydrogens is 294 g/mol. The topological polar surface area (TPSA) is 87.2 Å². The molecule has 0 radical (unpaired) electrons. The number of aliphatic hydroxyl groups is 1. The van der Waals surface area contributed by atoms with E-state index in [1.165, 1.54) is 0 Å². The molecule has 3 N–H and O–H groups in total. The van der Waals surface area contributed by atoms with Crippen molar-refractivity contribution in [3.05, 3.63) is 24.0 Å². The van der Waals surface area contributed by atoms with Crippen LogP contribution in [0.3, 0.4) is 0 Å². The highest BCUT2D eigenvalue weighted by Gasteiger charge is 2.31. The Bertz CT molecular complexity index is 710. The Morgan fingerprint density at radius 2 is 2.26 bits per heavy atom. The fourth-order valence-corrected chi connectivity index (χ4v) is 3.20. The number of hydrogen-bond acceptors (Lipinski definition) is 5. The van der Waals surface area contributed by atoms with Gasteiger partial charge >= 0.3 is 5.97 Å². The van der Waals surface area contributed by atoms with Gasteiger partial charge in [0, 0.05) is 23.8 Å². The molecule has 0 spiro atoms. The van der Waals surface area contributed by atoms with Crippen LogP contribution in [0.25, 0.3) is 11.0 Å². The molecular formula is C17H23N3O3. The number of rotatable bonds is 4. The minimum atomic E-state index is -0.385. The minimum Gasteiger partial charge on any atom is -0.459 e. The van der Waals surface area contributed by atoms with E-state index in [9.17, 15) is 9.90 Å². The van der Waals surface area contributed by atoms with Gasteiger partial charge in [-0.1, -0.05) is 6.92 Å². The van der Waals surface area contributed by atoms with Gasteiger partial charge < -0.3 is 20.1 Å². The Morgan fingerprint density at radius 3 is 2.91 bits per heavy atom. The van der Waals surface area contributed by atoms with Crippen LogP contribution in [0.4, 0.5) is 5.69 Å². The van der Waals surface area contributed by atoms with Crippen molar-refractivity contribution in [1.29, 1.82) is 0 Å². The molecule has 0 amide bonds. The quantitative estimate of drug-likeness (QED) is 0.755. The number of nitrogens with zero attached hydrogens (tertiary/aromatic N) is 1. The van der Waals surface area contributed by atoms with Crippen molar-refractivity contribution < 1.29 is 14.6 Å². The van der Waals surface area contributed by atoms with E-state index in [4.69, 9.17) is 4.74 Å². The summed E-state index contributed by atoms with van der Waals surface area (Å²) in [5.41, 5.74) is 1.88. The Balaban J connectivity index is 1.98. The lowest BCUT2D eigenvalue weighted by atomic mass is 10.0. The molecule has 2 aromatic rings. The van der Waals surface area contributed by atoms with E-state index in [0.717, 1.165) is 23.1 Å². The molecule has 3 atom stereocenters. The van der Waals surface area contributed by atoms with Crippen LogP contribution in [0.1, 0.15) is 44.0 Å². The van der Waals surface area contributed by atoms with E-state index in [1.807, 2.05) is 19.9 Å². The largest absolute Gasteiger partial charge is 0.459 e. The lowest BCUT2D eigenvalue weighted by Crippen LogP contribution is -2.24. The van der Waals surface area contributed by atoms with Gasteiger partial charge in [0.25, 0.3) is 0 Å². The van der Waals surface area contributed by atoms with E-state index < -0.39 is 0 Å². The van der Waals surface area contributed by atoms with Crippen molar-refractivity contribution in [1.82, 2.24) is 9.97 Å². The van der Waals surface area contributed by atoms with Crippen molar-refractivity contribution in [2.75, 3.05) is 5.32 Å². The molecule has 0 bridgehead atoms. The second-order valence-electron chi connectivity index (χ2n) is 6.59. The number of carbonyl (C=O) groups excluding carboxylic acids is 1. The van der Waals surface area contributed by atoms with Crippen LogP contribution in [0.2, 0.25) is 0 Å². The predicted octanol–water partition coefficient (Wildman–Crippen LogP) is 2.70. The number of pyridine rings is 1. The molecule has 6 heteroatoms. The van der Waals surface area contributed by atoms with Gasteiger partial charge in [0.15, 0.2) is 0 Å². The predicted molar refractivity (Wildman–Crippen MR) is 88.5 cm³/mol. The normalized spacial score (nSPS) is 24.3.